The van der Waals surface area contributed by atoms with E-state index in [0.717, 1.165) is 31.5 Å². The van der Waals surface area contributed by atoms with Crippen molar-refractivity contribution in [2.75, 3.05) is 13.1 Å². The zero-order valence-electron chi connectivity index (χ0n) is 15.6. The molecule has 0 radical (unpaired) electrons. The van der Waals surface area contributed by atoms with Crippen LogP contribution in [0.5, 0.6) is 5.75 Å². The highest BCUT2D eigenvalue weighted by atomic mass is 16.5. The van der Waals surface area contributed by atoms with Gasteiger partial charge in [0.1, 0.15) is 24.1 Å². The van der Waals surface area contributed by atoms with Crippen molar-refractivity contribution in [2.45, 2.75) is 50.8 Å². The van der Waals surface area contributed by atoms with Crippen molar-refractivity contribution in [3.63, 3.8) is 0 Å². The zero-order chi connectivity index (χ0) is 18.9. The molecule has 27 heavy (non-hydrogen) atoms. The van der Waals surface area contributed by atoms with E-state index < -0.39 is 0 Å². The van der Waals surface area contributed by atoms with Gasteiger partial charge in [-0.25, -0.2) is 0 Å². The van der Waals surface area contributed by atoms with Crippen LogP contribution in [0, 0.1) is 22.7 Å². The van der Waals surface area contributed by atoms with Gasteiger partial charge in [-0.1, -0.05) is 0 Å². The summed E-state index contributed by atoms with van der Waals surface area (Å²) in [4.78, 5) is 2.59. The lowest BCUT2D eigenvalue weighted by atomic mass is 10.0. The first-order chi connectivity index (χ1) is 13.1. The Morgan fingerprint density at radius 3 is 2.44 bits per heavy atom. The Hall–Kier alpha value is -2.83. The van der Waals surface area contributed by atoms with Crippen LogP contribution >= 0.6 is 0 Å². The minimum atomic E-state index is 0.280. The van der Waals surface area contributed by atoms with Crippen LogP contribution in [0.15, 0.2) is 30.5 Å². The molecule has 1 saturated heterocycles. The number of rotatable bonds is 5. The number of nitrogens with zero attached hydrogens (tertiary/aromatic N) is 5. The van der Waals surface area contributed by atoms with Crippen LogP contribution in [0.25, 0.3) is 0 Å². The predicted octanol–water partition coefficient (Wildman–Crippen LogP) is 3.39. The summed E-state index contributed by atoms with van der Waals surface area (Å²) in [6.07, 6.45) is 6.42. The van der Waals surface area contributed by atoms with E-state index in [1.807, 2.05) is 4.68 Å². The number of piperidine rings is 1. The number of benzene rings is 1. The Morgan fingerprint density at radius 1 is 1.15 bits per heavy atom. The van der Waals surface area contributed by atoms with E-state index in [1.54, 1.807) is 30.5 Å². The molecule has 2 aliphatic rings. The number of aromatic nitrogens is 2. The predicted molar refractivity (Wildman–Crippen MR) is 99.9 cm³/mol. The largest absolute Gasteiger partial charge is 0.489 e. The van der Waals surface area contributed by atoms with E-state index in [4.69, 9.17) is 10.00 Å². The molecule has 1 aliphatic heterocycles. The lowest BCUT2D eigenvalue weighted by molar-refractivity contribution is 0.125. The number of ether oxygens (including phenoxy) is 1. The van der Waals surface area contributed by atoms with Gasteiger partial charge in [-0.15, -0.1) is 0 Å². The van der Waals surface area contributed by atoms with E-state index >= 15 is 0 Å². The fraction of sp³-hybridized carbons (Fsp3) is 0.476. The maximum atomic E-state index is 9.66. The second-order valence-corrected chi connectivity index (χ2v) is 7.71. The molecule has 0 amide bonds. The lowest BCUT2D eigenvalue weighted by Gasteiger charge is -2.36. The topological polar surface area (TPSA) is 77.9 Å². The van der Waals surface area contributed by atoms with Crippen LogP contribution in [0.1, 0.15) is 55.5 Å². The van der Waals surface area contributed by atoms with E-state index in [2.05, 4.69) is 29.1 Å². The molecule has 6 heteroatoms. The van der Waals surface area contributed by atoms with Crippen LogP contribution in [0.3, 0.4) is 0 Å². The van der Waals surface area contributed by atoms with Gasteiger partial charge in [0.2, 0.25) is 0 Å². The smallest absolute Gasteiger partial charge is 0.145 e. The molecule has 0 unspecified atom stereocenters. The molecule has 2 aromatic rings. The standard InChI is InChI=1S/C21H23N5O/c1-21(8-9-21)25-10-6-18(7-11-25)26-20(13-23)17(14-24-26)15-27-19-4-2-16(12-22)3-5-19/h2-5,14,18H,6-11,15H2,1H3. The fourth-order valence-electron chi connectivity index (χ4n) is 3.84. The molecule has 0 atom stereocenters. The van der Waals surface area contributed by atoms with Crippen molar-refractivity contribution in [3.05, 3.63) is 47.3 Å². The summed E-state index contributed by atoms with van der Waals surface area (Å²) in [6, 6.07) is 11.7. The average molecular weight is 361 g/mol. The maximum Gasteiger partial charge on any atom is 0.145 e. The van der Waals surface area contributed by atoms with Gasteiger partial charge in [0.25, 0.3) is 0 Å². The van der Waals surface area contributed by atoms with Crippen LogP contribution < -0.4 is 4.74 Å². The summed E-state index contributed by atoms with van der Waals surface area (Å²) < 4.78 is 7.68. The first-order valence-corrected chi connectivity index (χ1v) is 9.47. The highest BCUT2D eigenvalue weighted by Crippen LogP contribution is 2.43. The number of nitriles is 2. The van der Waals surface area contributed by atoms with Crippen LogP contribution in [0.2, 0.25) is 0 Å². The third-order valence-electron chi connectivity index (χ3n) is 5.90. The Bertz CT molecular complexity index is 890. The molecule has 1 aliphatic carbocycles. The van der Waals surface area contributed by atoms with Crippen molar-refractivity contribution < 1.29 is 4.74 Å². The van der Waals surface area contributed by atoms with Crippen LogP contribution in [-0.2, 0) is 6.61 Å². The van der Waals surface area contributed by atoms with Gasteiger partial charge in [-0.3, -0.25) is 9.58 Å². The Balaban J connectivity index is 1.41. The van der Waals surface area contributed by atoms with E-state index in [-0.39, 0.29) is 6.04 Å². The number of likely N-dealkylation sites (tertiary alicyclic amines) is 1. The average Bonchev–Trinajstić information content (AvgIpc) is 3.33. The second-order valence-electron chi connectivity index (χ2n) is 7.71. The summed E-state index contributed by atoms with van der Waals surface area (Å²) in [5.74, 6) is 0.677. The molecular weight excluding hydrogens is 338 g/mol. The summed E-state index contributed by atoms with van der Waals surface area (Å²) in [7, 11) is 0. The van der Waals surface area contributed by atoms with Gasteiger partial charge in [0, 0.05) is 24.2 Å². The molecule has 138 valence electrons. The minimum absolute atomic E-state index is 0.280. The van der Waals surface area contributed by atoms with E-state index in [1.165, 1.54) is 12.8 Å². The second kappa shape index (κ2) is 7.06. The van der Waals surface area contributed by atoms with Crippen molar-refractivity contribution in [2.24, 2.45) is 0 Å². The monoisotopic (exact) mass is 361 g/mol. The highest BCUT2D eigenvalue weighted by molar-refractivity contribution is 5.35. The van der Waals surface area contributed by atoms with Crippen LogP contribution in [0.4, 0.5) is 0 Å². The Kier molecular flexibility index (Phi) is 4.59. The quantitative estimate of drug-likeness (QED) is 0.816. The normalized spacial score (nSPS) is 19.2. The zero-order valence-corrected chi connectivity index (χ0v) is 15.6. The van der Waals surface area contributed by atoms with Gasteiger partial charge in [0.15, 0.2) is 0 Å². The molecule has 6 nitrogen and oxygen atoms in total. The first-order valence-electron chi connectivity index (χ1n) is 9.47. The molecule has 0 spiro atoms. The number of hydrogen-bond acceptors (Lipinski definition) is 5. The molecule has 0 bridgehead atoms. The van der Waals surface area contributed by atoms with Gasteiger partial charge < -0.3 is 4.74 Å². The highest BCUT2D eigenvalue weighted by Gasteiger charge is 2.44. The summed E-state index contributed by atoms with van der Waals surface area (Å²) in [6.45, 7) is 4.79. The third kappa shape index (κ3) is 3.54. The molecule has 4 rings (SSSR count). The summed E-state index contributed by atoms with van der Waals surface area (Å²) in [5, 5.41) is 23.0. The van der Waals surface area contributed by atoms with Gasteiger partial charge >= 0.3 is 0 Å². The molecule has 1 aromatic carbocycles. The van der Waals surface area contributed by atoms with E-state index in [0.29, 0.717) is 29.2 Å². The van der Waals surface area contributed by atoms with Crippen molar-refractivity contribution >= 4 is 0 Å². The lowest BCUT2D eigenvalue weighted by Crippen LogP contribution is -2.42. The third-order valence-corrected chi connectivity index (χ3v) is 5.90. The molecule has 0 N–H and O–H groups in total. The Labute approximate surface area is 159 Å². The van der Waals surface area contributed by atoms with Crippen molar-refractivity contribution in [3.8, 4) is 17.9 Å². The van der Waals surface area contributed by atoms with Crippen molar-refractivity contribution in [1.82, 2.24) is 14.7 Å². The molecule has 1 aromatic heterocycles. The molecular formula is C21H23N5O. The van der Waals surface area contributed by atoms with E-state index in [9.17, 15) is 5.26 Å². The molecule has 2 heterocycles. The van der Waals surface area contributed by atoms with Gasteiger partial charge in [-0.2, -0.15) is 15.6 Å². The van der Waals surface area contributed by atoms with Gasteiger partial charge in [-0.05, 0) is 56.9 Å². The van der Waals surface area contributed by atoms with Gasteiger partial charge in [0.05, 0.1) is 23.9 Å². The SMILES string of the molecule is CC1(N2CCC(n3ncc(COc4ccc(C#N)cc4)c3C#N)CC2)CC1. The fourth-order valence-corrected chi connectivity index (χ4v) is 3.84. The van der Waals surface area contributed by atoms with Crippen molar-refractivity contribution in [1.29, 1.82) is 10.5 Å². The minimum Gasteiger partial charge on any atom is -0.489 e. The molecule has 2 fully saturated rings. The maximum absolute atomic E-state index is 9.66. The summed E-state index contributed by atoms with van der Waals surface area (Å²) >= 11 is 0. The molecule has 1 saturated carbocycles. The first kappa shape index (κ1) is 17.6. The van der Waals surface area contributed by atoms with Crippen LogP contribution in [-0.4, -0.2) is 33.3 Å². The summed E-state index contributed by atoms with van der Waals surface area (Å²) in [5.41, 5.74) is 2.42. The Morgan fingerprint density at radius 2 is 1.85 bits per heavy atom. The number of hydrogen-bond donors (Lipinski definition) is 0.